The molecule has 3 heteroatoms. The Morgan fingerprint density at radius 2 is 0.778 bits per heavy atom. The van der Waals surface area contributed by atoms with E-state index in [1.807, 2.05) is 17.9 Å². The molecule has 0 radical (unpaired) electrons. The molecule has 0 amide bonds. The molecule has 9 aromatic rings. The number of hydrogen-bond acceptors (Lipinski definition) is 1. The molecular weight excluding hydrogens is 1170 g/mol. The van der Waals surface area contributed by atoms with Crippen molar-refractivity contribution in [3.8, 4) is 60.0 Å². The summed E-state index contributed by atoms with van der Waals surface area (Å²) >= 11 is 1.83. The predicted octanol–water partition coefficient (Wildman–Crippen LogP) is 18.6. The van der Waals surface area contributed by atoms with Gasteiger partial charge in [0.05, 0.1) is 0 Å². The maximum absolute atomic E-state index is 6.11. The number of ether oxygens (including phenoxy) is 1. The van der Waals surface area contributed by atoms with Gasteiger partial charge in [-0.25, -0.2) is 0 Å². The number of allylic oxidation sites excluding steroid dienone is 6. The van der Waals surface area contributed by atoms with Crippen LogP contribution in [0.2, 0.25) is 0 Å². The van der Waals surface area contributed by atoms with Crippen molar-refractivity contribution >= 4 is 35.3 Å². The molecule has 0 atom stereocenters. The van der Waals surface area contributed by atoms with Crippen molar-refractivity contribution in [2.45, 2.75) is 71.6 Å². The van der Waals surface area contributed by atoms with Gasteiger partial charge in [-0.15, -0.1) is 0 Å². The normalized spacial score (nSPS) is 17.2. The zero-order chi connectivity index (χ0) is 55.8. The summed E-state index contributed by atoms with van der Waals surface area (Å²) in [5, 5.41) is 5.12. The first-order valence-electron chi connectivity index (χ1n) is 28.6. The van der Waals surface area contributed by atoms with Crippen LogP contribution >= 0.6 is 7.26 Å². The fourth-order valence-electron chi connectivity index (χ4n) is 13.9. The molecule has 9 aromatic carbocycles. The van der Waals surface area contributed by atoms with Crippen LogP contribution in [-0.4, -0.2) is 13.2 Å². The molecule has 81 heavy (non-hydrogen) atoms. The van der Waals surface area contributed by atoms with Crippen molar-refractivity contribution in [2.24, 2.45) is 0 Å². The summed E-state index contributed by atoms with van der Waals surface area (Å²) in [5.41, 5.74) is 27.0. The molecule has 0 N–H and O–H groups in total. The molecule has 0 saturated carbocycles. The van der Waals surface area contributed by atoms with Gasteiger partial charge in [-0.1, -0.05) is 94.4 Å². The second kappa shape index (κ2) is 20.5. The summed E-state index contributed by atoms with van der Waals surface area (Å²) in [6, 6.07) is 76.2. The number of rotatable bonds is 10. The third-order valence-electron chi connectivity index (χ3n) is 18.3. The van der Waals surface area contributed by atoms with Crippen LogP contribution in [0.4, 0.5) is 0 Å². The third kappa shape index (κ3) is 8.61. The minimum atomic E-state index is -2.47. The van der Waals surface area contributed by atoms with Crippen LogP contribution in [0, 0.1) is 4.37 Å². The Bertz CT molecular complexity index is 4130. The van der Waals surface area contributed by atoms with Crippen molar-refractivity contribution in [2.75, 3.05) is 13.2 Å². The summed E-state index contributed by atoms with van der Waals surface area (Å²) in [5.74, 6) is 0. The molecule has 3 aliphatic carbocycles. The summed E-state index contributed by atoms with van der Waals surface area (Å²) < 4.78 is 10.0. The standard InChI is InChI=1S/C78H67OP.Os/c1-10-21-52-29-36-64-66-38-32-56(45-72(66)76(4,5)70(64)42-52)58-34-40-68-69-41-35-59(48-75(69)78(8,9)74(68)47-58)57-33-39-67-65-37-30-53(43-71(65)77(6,7)73(67)46-57)28-31-55(44-60-50-79-49-54(60)11-2)51(3)80(61-22-15-12-16-23-61,62-24-17-13-18-25-62)63-26-19-14-20-27-63;/h10-48H,49-50H2,1-2,4-9H3;/q+1;/b21-10+,31-28+,54-11?,55-51?,60-44?;. The van der Waals surface area contributed by atoms with Crippen molar-refractivity contribution in [1.29, 1.82) is 0 Å². The van der Waals surface area contributed by atoms with Gasteiger partial charge < -0.3 is 0 Å². The quantitative estimate of drug-likeness (QED) is 0.0979. The van der Waals surface area contributed by atoms with E-state index < -0.39 is 7.26 Å². The van der Waals surface area contributed by atoms with Crippen LogP contribution in [0.25, 0.3) is 67.8 Å². The Balaban J connectivity index is 0.833. The molecule has 4 aliphatic rings. The van der Waals surface area contributed by atoms with Gasteiger partial charge in [-0.2, -0.15) is 0 Å². The minimum absolute atomic E-state index is 0.0815. The van der Waals surface area contributed by atoms with E-state index in [0.29, 0.717) is 13.2 Å². The molecule has 0 spiro atoms. The number of fused-ring (bicyclic) bond motifs is 9. The van der Waals surface area contributed by atoms with E-state index in [0.717, 1.165) is 5.57 Å². The Labute approximate surface area is 490 Å². The van der Waals surface area contributed by atoms with Crippen molar-refractivity contribution in [1.82, 2.24) is 0 Å². The predicted molar refractivity (Wildman–Crippen MR) is 342 cm³/mol. The number of benzene rings is 9. The van der Waals surface area contributed by atoms with Gasteiger partial charge >= 0.3 is 297 Å². The van der Waals surface area contributed by atoms with Gasteiger partial charge in [-0.3, -0.25) is 0 Å². The molecule has 1 saturated heterocycles. The molecule has 1 fully saturated rings. The number of hydrogen-bond donors (Lipinski definition) is 0. The van der Waals surface area contributed by atoms with Crippen molar-refractivity contribution < 1.29 is 22.7 Å². The average molecular weight is 1240 g/mol. The van der Waals surface area contributed by atoms with Crippen molar-refractivity contribution in [3.05, 3.63) is 291 Å². The van der Waals surface area contributed by atoms with E-state index in [1.165, 1.54) is 133 Å². The summed E-state index contributed by atoms with van der Waals surface area (Å²) in [7, 11) is -2.47. The zero-order valence-corrected chi connectivity index (χ0v) is 51.1. The topological polar surface area (TPSA) is 9.23 Å². The van der Waals surface area contributed by atoms with E-state index in [-0.39, 0.29) is 16.2 Å². The second-order valence-electron chi connectivity index (χ2n) is 23.9. The first-order valence-corrected chi connectivity index (χ1v) is 31.6. The average Bonchev–Trinajstić information content (AvgIpc) is 4.28. The molecule has 1 heterocycles. The second-order valence-corrected chi connectivity index (χ2v) is 27.9. The van der Waals surface area contributed by atoms with Gasteiger partial charge in [0.1, 0.15) is 0 Å². The van der Waals surface area contributed by atoms with Gasteiger partial charge in [0, 0.05) is 10.8 Å². The monoisotopic (exact) mass is 1240 g/mol. The Kier molecular flexibility index (Phi) is 13.4. The molecule has 397 valence electrons. The van der Waals surface area contributed by atoms with Gasteiger partial charge in [-0.05, 0) is 91.9 Å². The van der Waals surface area contributed by atoms with Crippen LogP contribution in [0.5, 0.6) is 0 Å². The first-order chi connectivity index (χ1) is 39.3. The van der Waals surface area contributed by atoms with E-state index in [2.05, 4.69) is 296 Å². The van der Waals surface area contributed by atoms with E-state index in [1.54, 1.807) is 0 Å². The molecule has 0 aromatic heterocycles. The van der Waals surface area contributed by atoms with Gasteiger partial charge in [0.2, 0.25) is 0 Å². The summed E-state index contributed by atoms with van der Waals surface area (Å²) in [6.45, 7) is 19.8. The molecule has 1 nitrogen and oxygen atoms in total. The van der Waals surface area contributed by atoms with Gasteiger partial charge in [0.25, 0.3) is 0 Å². The van der Waals surface area contributed by atoms with E-state index >= 15 is 0 Å². The third-order valence-corrected chi connectivity index (χ3v) is 23.7. The summed E-state index contributed by atoms with van der Waals surface area (Å²) in [6.07, 6.45) is 13.6. The molecular formula is C78H67OOsP+. The fraction of sp³-hybridized carbons (Fsp3) is 0.167. The van der Waals surface area contributed by atoms with Crippen LogP contribution in [0.1, 0.15) is 99.9 Å². The Morgan fingerprint density at radius 1 is 0.432 bits per heavy atom. The molecule has 0 unspecified atom stereocenters. The van der Waals surface area contributed by atoms with E-state index in [4.69, 9.17) is 4.74 Å². The SMILES string of the molecule is CC=C1COCC1=CC(/C=C/c1ccc2c(c1)C(C)(C)c1cc(-c3ccc4c(c3)C(C)(C)c3cc(-c5ccc6c(c5)C(C)(C)c5cc(/C=C/C)ccc5-6)ccc3-4)ccc1-2)=C([C]#[Os])[P+](c1ccccc1)(c1ccccc1)c1ccccc1. The first kappa shape index (κ1) is 52.8. The Morgan fingerprint density at radius 3 is 1.14 bits per heavy atom. The van der Waals surface area contributed by atoms with Crippen molar-refractivity contribution in [3.63, 3.8) is 0 Å². The summed E-state index contributed by atoms with van der Waals surface area (Å²) in [4.78, 5) is 0. The zero-order valence-electron chi connectivity index (χ0n) is 47.6. The molecule has 13 rings (SSSR count). The van der Waals surface area contributed by atoms with Crippen LogP contribution in [-0.2, 0) is 38.9 Å². The fourth-order valence-corrected chi connectivity index (χ4v) is 19.7. The van der Waals surface area contributed by atoms with Gasteiger partial charge in [0.15, 0.2) is 0 Å². The van der Waals surface area contributed by atoms with Crippen LogP contribution in [0.3, 0.4) is 0 Å². The molecule has 1 aliphatic heterocycles. The van der Waals surface area contributed by atoms with Crippen LogP contribution in [0.15, 0.2) is 247 Å². The maximum atomic E-state index is 6.11. The molecule has 0 bridgehead atoms. The van der Waals surface area contributed by atoms with E-state index in [9.17, 15) is 0 Å². The Hall–Kier alpha value is -7.51. The van der Waals surface area contributed by atoms with Crippen LogP contribution < -0.4 is 15.9 Å².